The van der Waals surface area contributed by atoms with Gasteiger partial charge in [-0.3, -0.25) is 9.69 Å². The molecule has 110 valence electrons. The lowest BCUT2D eigenvalue weighted by Crippen LogP contribution is -2.46. The van der Waals surface area contributed by atoms with Crippen molar-refractivity contribution in [2.75, 3.05) is 20.2 Å². The summed E-state index contributed by atoms with van der Waals surface area (Å²) in [6.07, 6.45) is 0.267. The molecule has 0 atom stereocenters. The normalized spacial score (nSPS) is 15.9. The van der Waals surface area contributed by atoms with Crippen LogP contribution in [0.3, 0.4) is 0 Å². The number of carboxylic acids is 1. The summed E-state index contributed by atoms with van der Waals surface area (Å²) in [5.41, 5.74) is 1.18. The van der Waals surface area contributed by atoms with Gasteiger partial charge in [0.05, 0.1) is 13.5 Å². The summed E-state index contributed by atoms with van der Waals surface area (Å²) >= 11 is 0. The molecule has 1 heterocycles. The number of aliphatic carboxylic acids is 1. The highest BCUT2D eigenvalue weighted by Crippen LogP contribution is 2.31. The van der Waals surface area contributed by atoms with E-state index in [1.165, 1.54) is 16.3 Å². The van der Waals surface area contributed by atoms with Crippen molar-refractivity contribution < 1.29 is 14.6 Å². The summed E-state index contributed by atoms with van der Waals surface area (Å²) < 4.78 is 5.49. The molecule has 0 unspecified atom stereocenters. The number of nitrogens with zero attached hydrogens (tertiary/aromatic N) is 1. The number of benzene rings is 2. The molecular formula is C17H19NO3. The molecule has 0 spiro atoms. The number of ether oxygens (including phenoxy) is 1. The highest BCUT2D eigenvalue weighted by molar-refractivity contribution is 5.87. The Morgan fingerprint density at radius 3 is 2.76 bits per heavy atom. The molecule has 0 aliphatic carbocycles. The van der Waals surface area contributed by atoms with Crippen molar-refractivity contribution in [2.24, 2.45) is 5.92 Å². The van der Waals surface area contributed by atoms with Gasteiger partial charge in [-0.2, -0.15) is 0 Å². The largest absolute Gasteiger partial charge is 0.496 e. The molecule has 2 aromatic carbocycles. The van der Waals surface area contributed by atoms with Crippen LogP contribution in [0.1, 0.15) is 12.0 Å². The molecule has 0 aromatic heterocycles. The fraction of sp³-hybridized carbons (Fsp3) is 0.353. The average Bonchev–Trinajstić information content (AvgIpc) is 2.44. The van der Waals surface area contributed by atoms with E-state index in [0.29, 0.717) is 0 Å². The molecule has 0 amide bonds. The Morgan fingerprint density at radius 1 is 1.29 bits per heavy atom. The summed E-state index contributed by atoms with van der Waals surface area (Å²) in [7, 11) is 1.69. The predicted molar refractivity (Wildman–Crippen MR) is 81.5 cm³/mol. The molecule has 2 aromatic rings. The number of hydrogen-bond acceptors (Lipinski definition) is 3. The van der Waals surface area contributed by atoms with E-state index in [1.807, 2.05) is 18.2 Å². The van der Waals surface area contributed by atoms with Gasteiger partial charge in [0.25, 0.3) is 0 Å². The van der Waals surface area contributed by atoms with Crippen molar-refractivity contribution in [3.8, 4) is 5.75 Å². The lowest BCUT2D eigenvalue weighted by Gasteiger charge is -2.39. The molecule has 21 heavy (non-hydrogen) atoms. The Hall–Kier alpha value is -2.07. The Kier molecular flexibility index (Phi) is 3.80. The number of carbonyl (C=O) groups is 1. The van der Waals surface area contributed by atoms with Gasteiger partial charge in [0.1, 0.15) is 5.75 Å². The number of carboxylic acid groups (broad SMARTS) is 1. The molecule has 1 fully saturated rings. The van der Waals surface area contributed by atoms with Crippen LogP contribution in [0.25, 0.3) is 10.8 Å². The molecule has 1 aliphatic heterocycles. The summed E-state index contributed by atoms with van der Waals surface area (Å²) in [5.74, 6) is 0.473. The first-order valence-electron chi connectivity index (χ1n) is 7.16. The van der Waals surface area contributed by atoms with Gasteiger partial charge < -0.3 is 9.84 Å². The van der Waals surface area contributed by atoms with E-state index in [0.717, 1.165) is 25.4 Å². The Labute approximate surface area is 123 Å². The summed E-state index contributed by atoms with van der Waals surface area (Å²) in [5, 5.41) is 11.2. The molecular weight excluding hydrogens is 266 g/mol. The van der Waals surface area contributed by atoms with Crippen molar-refractivity contribution in [2.45, 2.75) is 13.0 Å². The van der Waals surface area contributed by atoms with Crippen LogP contribution >= 0.6 is 0 Å². The fourth-order valence-electron chi connectivity index (χ4n) is 3.08. The van der Waals surface area contributed by atoms with Gasteiger partial charge in [-0.15, -0.1) is 0 Å². The molecule has 1 aliphatic rings. The molecule has 1 saturated heterocycles. The second-order valence-electron chi connectivity index (χ2n) is 5.63. The lowest BCUT2D eigenvalue weighted by molar-refractivity contribution is -0.139. The van der Waals surface area contributed by atoms with Crippen LogP contribution in [-0.4, -0.2) is 36.2 Å². The van der Waals surface area contributed by atoms with Crippen molar-refractivity contribution >= 4 is 16.7 Å². The van der Waals surface area contributed by atoms with E-state index < -0.39 is 5.97 Å². The van der Waals surface area contributed by atoms with Crippen LogP contribution in [0.4, 0.5) is 0 Å². The first-order chi connectivity index (χ1) is 10.2. The standard InChI is InChI=1S/C17H19NO3/c1-21-16-7-6-13-4-2-3-5-14(13)15(16)11-18-9-12(10-18)8-17(19)20/h2-7,12H,8-11H2,1H3,(H,19,20). The molecule has 4 heteroatoms. The second-order valence-corrected chi connectivity index (χ2v) is 5.63. The molecule has 3 rings (SSSR count). The minimum Gasteiger partial charge on any atom is -0.496 e. The van der Waals surface area contributed by atoms with Gasteiger partial charge in [0.15, 0.2) is 0 Å². The number of hydrogen-bond donors (Lipinski definition) is 1. The average molecular weight is 285 g/mol. The third-order valence-corrected chi connectivity index (χ3v) is 4.10. The third kappa shape index (κ3) is 2.85. The molecule has 4 nitrogen and oxygen atoms in total. The van der Waals surface area contributed by atoms with Gasteiger partial charge in [-0.1, -0.05) is 30.3 Å². The smallest absolute Gasteiger partial charge is 0.303 e. The quantitative estimate of drug-likeness (QED) is 0.917. The van der Waals surface area contributed by atoms with Crippen LogP contribution < -0.4 is 4.74 Å². The number of fused-ring (bicyclic) bond motifs is 1. The SMILES string of the molecule is COc1ccc2ccccc2c1CN1CC(CC(=O)O)C1. The molecule has 0 bridgehead atoms. The molecule has 0 radical (unpaired) electrons. The Morgan fingerprint density at radius 2 is 2.05 bits per heavy atom. The molecule has 1 N–H and O–H groups in total. The van der Waals surface area contributed by atoms with Crippen molar-refractivity contribution in [1.29, 1.82) is 0 Å². The van der Waals surface area contributed by atoms with Gasteiger partial charge >= 0.3 is 5.97 Å². The minimum absolute atomic E-state index is 0.267. The number of methoxy groups -OCH3 is 1. The maximum absolute atomic E-state index is 10.7. The topological polar surface area (TPSA) is 49.8 Å². The van der Waals surface area contributed by atoms with E-state index in [2.05, 4.69) is 23.1 Å². The van der Waals surface area contributed by atoms with Gasteiger partial charge in [0, 0.05) is 25.2 Å². The Bertz CT molecular complexity index is 662. The van der Waals surface area contributed by atoms with Crippen molar-refractivity contribution in [1.82, 2.24) is 4.90 Å². The second kappa shape index (κ2) is 5.74. The van der Waals surface area contributed by atoms with E-state index in [-0.39, 0.29) is 12.3 Å². The van der Waals surface area contributed by atoms with Crippen LogP contribution in [0.2, 0.25) is 0 Å². The zero-order valence-corrected chi connectivity index (χ0v) is 12.1. The van der Waals surface area contributed by atoms with Crippen LogP contribution in [0.5, 0.6) is 5.75 Å². The zero-order valence-electron chi connectivity index (χ0n) is 12.1. The van der Waals surface area contributed by atoms with Gasteiger partial charge in [0.2, 0.25) is 0 Å². The number of likely N-dealkylation sites (tertiary alicyclic amines) is 1. The van der Waals surface area contributed by atoms with Crippen LogP contribution in [0.15, 0.2) is 36.4 Å². The highest BCUT2D eigenvalue weighted by atomic mass is 16.5. The fourth-order valence-corrected chi connectivity index (χ4v) is 3.08. The van der Waals surface area contributed by atoms with E-state index in [1.54, 1.807) is 7.11 Å². The Balaban J connectivity index is 1.79. The molecule has 0 saturated carbocycles. The summed E-state index contributed by atoms with van der Waals surface area (Å²) in [4.78, 5) is 13.0. The van der Waals surface area contributed by atoms with Crippen LogP contribution in [-0.2, 0) is 11.3 Å². The van der Waals surface area contributed by atoms with E-state index >= 15 is 0 Å². The van der Waals surface area contributed by atoms with Crippen molar-refractivity contribution in [3.63, 3.8) is 0 Å². The highest BCUT2D eigenvalue weighted by Gasteiger charge is 2.29. The van der Waals surface area contributed by atoms with Gasteiger partial charge in [-0.25, -0.2) is 0 Å². The summed E-state index contributed by atoms with van der Waals surface area (Å²) in [6.45, 7) is 2.50. The predicted octanol–water partition coefficient (Wildman–Crippen LogP) is 2.75. The lowest BCUT2D eigenvalue weighted by atomic mass is 9.94. The monoisotopic (exact) mass is 285 g/mol. The maximum atomic E-state index is 10.7. The minimum atomic E-state index is -0.706. The van der Waals surface area contributed by atoms with E-state index in [9.17, 15) is 4.79 Å². The van der Waals surface area contributed by atoms with Crippen LogP contribution in [0, 0.1) is 5.92 Å². The summed E-state index contributed by atoms with van der Waals surface area (Å²) in [6, 6.07) is 12.4. The third-order valence-electron chi connectivity index (χ3n) is 4.10. The first-order valence-corrected chi connectivity index (χ1v) is 7.16. The maximum Gasteiger partial charge on any atom is 0.303 e. The number of rotatable bonds is 5. The zero-order chi connectivity index (χ0) is 14.8. The van der Waals surface area contributed by atoms with Crippen molar-refractivity contribution in [3.05, 3.63) is 42.0 Å². The first kappa shape index (κ1) is 13.9. The van der Waals surface area contributed by atoms with E-state index in [4.69, 9.17) is 9.84 Å². The van der Waals surface area contributed by atoms with Gasteiger partial charge in [-0.05, 0) is 22.8 Å².